The molecule has 3 aromatic rings. The summed E-state index contributed by atoms with van der Waals surface area (Å²) in [5.41, 5.74) is 4.14. The Morgan fingerprint density at radius 2 is 1.92 bits per heavy atom. The van der Waals surface area contributed by atoms with E-state index in [1.165, 1.54) is 24.7 Å². The van der Waals surface area contributed by atoms with Gasteiger partial charge in [0.25, 0.3) is 5.91 Å². The number of halogens is 1. The van der Waals surface area contributed by atoms with E-state index in [2.05, 4.69) is 15.5 Å². The zero-order valence-electron chi connectivity index (χ0n) is 13.8. The van der Waals surface area contributed by atoms with Crippen LogP contribution in [0.5, 0.6) is 5.75 Å². The minimum absolute atomic E-state index is 0.131. The molecule has 0 bridgehead atoms. The smallest absolute Gasteiger partial charge is 0.271 e. The van der Waals surface area contributed by atoms with E-state index in [1.807, 2.05) is 6.07 Å². The van der Waals surface area contributed by atoms with Crippen molar-refractivity contribution in [2.45, 2.75) is 6.61 Å². The first-order chi connectivity index (χ1) is 12.7. The van der Waals surface area contributed by atoms with Crippen molar-refractivity contribution >= 4 is 12.1 Å². The second-order valence-corrected chi connectivity index (χ2v) is 5.39. The monoisotopic (exact) mass is 349 g/mol. The fourth-order valence-electron chi connectivity index (χ4n) is 2.19. The number of amides is 1. The van der Waals surface area contributed by atoms with Crippen molar-refractivity contribution in [2.75, 3.05) is 0 Å². The lowest BCUT2D eigenvalue weighted by atomic mass is 10.2. The highest BCUT2D eigenvalue weighted by atomic mass is 19.1. The number of hydrazone groups is 1. The van der Waals surface area contributed by atoms with E-state index in [1.54, 1.807) is 48.5 Å². The molecule has 1 aromatic heterocycles. The van der Waals surface area contributed by atoms with Gasteiger partial charge in [0.1, 0.15) is 18.2 Å². The van der Waals surface area contributed by atoms with Gasteiger partial charge in [-0.15, -0.1) is 0 Å². The van der Waals surface area contributed by atoms with E-state index in [0.29, 0.717) is 16.9 Å². The molecule has 130 valence electrons. The average molecular weight is 349 g/mol. The summed E-state index contributed by atoms with van der Waals surface area (Å²) in [6.45, 7) is 0.131. The highest BCUT2D eigenvalue weighted by molar-refractivity contribution is 5.94. The number of carbonyl (C=O) groups excluding carboxylic acids is 1. The number of carbonyl (C=O) groups is 1. The van der Waals surface area contributed by atoms with Crippen LogP contribution in [0, 0.1) is 5.82 Å². The maximum Gasteiger partial charge on any atom is 0.271 e. The summed E-state index contributed by atoms with van der Waals surface area (Å²) in [5, 5.41) is 3.93. The zero-order valence-corrected chi connectivity index (χ0v) is 13.8. The molecular formula is C20H16FN3O2. The molecule has 0 aliphatic carbocycles. The number of benzene rings is 2. The van der Waals surface area contributed by atoms with Crippen molar-refractivity contribution in [3.05, 3.63) is 95.6 Å². The highest BCUT2D eigenvalue weighted by Crippen LogP contribution is 2.15. The van der Waals surface area contributed by atoms with Crippen LogP contribution in [0.1, 0.15) is 21.5 Å². The summed E-state index contributed by atoms with van der Waals surface area (Å²) in [4.78, 5) is 15.7. The molecule has 6 heteroatoms. The van der Waals surface area contributed by atoms with Gasteiger partial charge in [-0.05, 0) is 35.9 Å². The number of aromatic nitrogens is 1. The Morgan fingerprint density at radius 3 is 2.73 bits per heavy atom. The predicted octanol–water partition coefficient (Wildman–Crippen LogP) is 3.56. The van der Waals surface area contributed by atoms with Crippen molar-refractivity contribution in [3.63, 3.8) is 0 Å². The molecule has 0 spiro atoms. The van der Waals surface area contributed by atoms with Gasteiger partial charge < -0.3 is 4.74 Å². The van der Waals surface area contributed by atoms with Crippen molar-refractivity contribution in [1.82, 2.24) is 10.4 Å². The summed E-state index contributed by atoms with van der Waals surface area (Å²) in [6.07, 6.45) is 4.58. The molecule has 0 aliphatic rings. The third kappa shape index (κ3) is 4.73. The summed E-state index contributed by atoms with van der Waals surface area (Å²) >= 11 is 0. The molecule has 0 radical (unpaired) electrons. The van der Waals surface area contributed by atoms with E-state index in [4.69, 9.17) is 4.74 Å². The summed E-state index contributed by atoms with van der Waals surface area (Å²) in [7, 11) is 0. The molecule has 0 aliphatic heterocycles. The largest absolute Gasteiger partial charge is 0.489 e. The van der Waals surface area contributed by atoms with Crippen molar-refractivity contribution in [1.29, 1.82) is 0 Å². The lowest BCUT2D eigenvalue weighted by Gasteiger charge is -2.07. The van der Waals surface area contributed by atoms with E-state index < -0.39 is 0 Å². The average Bonchev–Trinajstić information content (AvgIpc) is 2.68. The highest BCUT2D eigenvalue weighted by Gasteiger charge is 2.03. The first-order valence-electron chi connectivity index (χ1n) is 7.92. The number of hydrogen-bond acceptors (Lipinski definition) is 4. The second kappa shape index (κ2) is 8.53. The summed E-state index contributed by atoms with van der Waals surface area (Å²) in [6, 6.07) is 16.8. The van der Waals surface area contributed by atoms with Crippen LogP contribution in [-0.2, 0) is 6.61 Å². The fraction of sp³-hybridized carbons (Fsp3) is 0.0500. The van der Waals surface area contributed by atoms with Gasteiger partial charge in [-0.1, -0.05) is 30.3 Å². The molecular weight excluding hydrogens is 333 g/mol. The number of rotatable bonds is 6. The summed E-state index contributed by atoms with van der Waals surface area (Å²) in [5.74, 6) is -0.0442. The van der Waals surface area contributed by atoms with Crippen LogP contribution < -0.4 is 10.2 Å². The van der Waals surface area contributed by atoms with E-state index >= 15 is 0 Å². The lowest BCUT2D eigenvalue weighted by Crippen LogP contribution is -2.17. The number of pyridine rings is 1. The molecule has 2 aromatic carbocycles. The van der Waals surface area contributed by atoms with Gasteiger partial charge in [0.2, 0.25) is 0 Å². The SMILES string of the molecule is O=C(N/N=C\c1cccc(OCc2ccccc2F)c1)c1ccncc1. The van der Waals surface area contributed by atoms with Crippen LogP contribution in [0.15, 0.2) is 78.2 Å². The Labute approximate surface area is 150 Å². The van der Waals surface area contributed by atoms with Gasteiger partial charge >= 0.3 is 0 Å². The number of nitrogens with one attached hydrogen (secondary N) is 1. The minimum atomic E-state index is -0.324. The maximum atomic E-state index is 13.6. The van der Waals surface area contributed by atoms with Crippen LogP contribution in [0.25, 0.3) is 0 Å². The van der Waals surface area contributed by atoms with Gasteiger partial charge in [-0.3, -0.25) is 9.78 Å². The molecule has 0 saturated heterocycles. The van der Waals surface area contributed by atoms with Gasteiger partial charge in [0.15, 0.2) is 0 Å². The van der Waals surface area contributed by atoms with E-state index in [0.717, 1.165) is 5.56 Å². The Morgan fingerprint density at radius 1 is 1.12 bits per heavy atom. The molecule has 0 unspecified atom stereocenters. The number of hydrogen-bond donors (Lipinski definition) is 1. The van der Waals surface area contributed by atoms with Gasteiger partial charge in [0.05, 0.1) is 6.21 Å². The molecule has 0 fully saturated rings. The Kier molecular flexibility index (Phi) is 5.67. The number of nitrogens with zero attached hydrogens (tertiary/aromatic N) is 2. The Balaban J connectivity index is 1.58. The quantitative estimate of drug-likeness (QED) is 0.547. The third-order valence-corrected chi connectivity index (χ3v) is 3.53. The van der Waals surface area contributed by atoms with Crippen LogP contribution in [0.3, 0.4) is 0 Å². The zero-order chi connectivity index (χ0) is 18.2. The van der Waals surface area contributed by atoms with Crippen LogP contribution in [-0.4, -0.2) is 17.1 Å². The normalized spacial score (nSPS) is 10.7. The number of ether oxygens (including phenoxy) is 1. The third-order valence-electron chi connectivity index (χ3n) is 3.53. The molecule has 0 atom stereocenters. The minimum Gasteiger partial charge on any atom is -0.489 e. The first-order valence-corrected chi connectivity index (χ1v) is 7.92. The topological polar surface area (TPSA) is 63.6 Å². The van der Waals surface area contributed by atoms with Gasteiger partial charge in [-0.2, -0.15) is 5.10 Å². The molecule has 26 heavy (non-hydrogen) atoms. The van der Waals surface area contributed by atoms with Crippen LogP contribution in [0.4, 0.5) is 4.39 Å². The van der Waals surface area contributed by atoms with Crippen LogP contribution >= 0.6 is 0 Å². The van der Waals surface area contributed by atoms with Crippen LogP contribution in [0.2, 0.25) is 0 Å². The Bertz CT molecular complexity index is 914. The molecule has 1 amide bonds. The second-order valence-electron chi connectivity index (χ2n) is 5.39. The molecule has 3 rings (SSSR count). The predicted molar refractivity (Wildman–Crippen MR) is 96.5 cm³/mol. The van der Waals surface area contributed by atoms with Crippen molar-refractivity contribution in [2.24, 2.45) is 5.10 Å². The molecule has 1 heterocycles. The summed E-state index contributed by atoms with van der Waals surface area (Å²) < 4.78 is 19.2. The maximum absolute atomic E-state index is 13.6. The van der Waals surface area contributed by atoms with Gasteiger partial charge in [0, 0.05) is 23.5 Å². The molecule has 0 saturated carbocycles. The van der Waals surface area contributed by atoms with Crippen molar-refractivity contribution in [3.8, 4) is 5.75 Å². The molecule has 5 nitrogen and oxygen atoms in total. The standard InChI is InChI=1S/C20H16FN3O2/c21-19-7-2-1-5-17(19)14-26-18-6-3-4-15(12-18)13-23-24-20(25)16-8-10-22-11-9-16/h1-13H,14H2,(H,24,25)/b23-13-. The van der Waals surface area contributed by atoms with E-state index in [-0.39, 0.29) is 18.3 Å². The molecule has 1 N–H and O–H groups in total. The van der Waals surface area contributed by atoms with E-state index in [9.17, 15) is 9.18 Å². The lowest BCUT2D eigenvalue weighted by molar-refractivity contribution is 0.0955. The Hall–Kier alpha value is -3.54. The van der Waals surface area contributed by atoms with Gasteiger partial charge in [-0.25, -0.2) is 9.82 Å². The first kappa shape index (κ1) is 17.3. The van der Waals surface area contributed by atoms with Crippen molar-refractivity contribution < 1.29 is 13.9 Å². The fourth-order valence-corrected chi connectivity index (χ4v) is 2.19.